The summed E-state index contributed by atoms with van der Waals surface area (Å²) in [6.45, 7) is 6.58. The van der Waals surface area contributed by atoms with Crippen molar-refractivity contribution < 1.29 is 56.4 Å². The molecule has 2 aromatic rings. The molecule has 2 rings (SSSR count). The lowest BCUT2D eigenvalue weighted by Crippen LogP contribution is -2.28. The van der Waals surface area contributed by atoms with Crippen LogP contribution in [0, 0.1) is 0 Å². The third-order valence-corrected chi connectivity index (χ3v) is 7.42. The van der Waals surface area contributed by atoms with E-state index in [1.807, 2.05) is 0 Å². The van der Waals surface area contributed by atoms with Crippen LogP contribution in [0.1, 0.15) is 56.0 Å². The van der Waals surface area contributed by atoms with Crippen molar-refractivity contribution in [1.29, 1.82) is 0 Å². The number of carbonyl (C=O) groups is 4. The summed E-state index contributed by atoms with van der Waals surface area (Å²) in [6, 6.07) is 8.96. The fourth-order valence-electron chi connectivity index (χ4n) is 3.83. The predicted octanol–water partition coefficient (Wildman–Crippen LogP) is 2.39. The molecule has 48 heavy (non-hydrogen) atoms. The zero-order chi connectivity index (χ0) is 35.4. The molecule has 3 N–H and O–H groups in total. The van der Waals surface area contributed by atoms with Gasteiger partial charge in [0.1, 0.15) is 24.6 Å². The van der Waals surface area contributed by atoms with E-state index in [0.29, 0.717) is 19.4 Å². The number of esters is 1. The van der Waals surface area contributed by atoms with Gasteiger partial charge in [-0.3, -0.25) is 19.1 Å². The Morgan fingerprint density at radius 3 is 2.08 bits per heavy atom. The number of hydrogen-bond acceptors (Lipinski definition) is 12. The zero-order valence-corrected chi connectivity index (χ0v) is 28.3. The number of benzene rings is 1. The standard InChI is InChI=1S/C32H45N3O12S/c1-32(2,3)47-30(39)13-8-24-6-10-27(11-7-24)48(41,42)35-28-12-9-25(21-34-28)31(40)33-14-16-44-18-19-45-22-26(36)5-4-15-43-17-20-46-23-29(37)38/h6-7,9-12,21H,4-5,8,13-20,22-23H2,1-3H3,(H,33,40)(H,34,35)(H,37,38). The van der Waals surface area contributed by atoms with Crippen LogP contribution in [0.5, 0.6) is 0 Å². The minimum absolute atomic E-state index is 0.0187. The van der Waals surface area contributed by atoms with Gasteiger partial charge in [-0.15, -0.1) is 0 Å². The summed E-state index contributed by atoms with van der Waals surface area (Å²) in [5, 5.41) is 11.1. The number of aryl methyl sites for hydroxylation is 1. The van der Waals surface area contributed by atoms with E-state index in [1.165, 1.54) is 30.5 Å². The summed E-state index contributed by atoms with van der Waals surface area (Å²) >= 11 is 0. The monoisotopic (exact) mass is 695 g/mol. The van der Waals surface area contributed by atoms with Crippen molar-refractivity contribution in [3.05, 3.63) is 53.7 Å². The van der Waals surface area contributed by atoms with Gasteiger partial charge < -0.3 is 34.1 Å². The van der Waals surface area contributed by atoms with Crippen LogP contribution in [-0.4, -0.2) is 107 Å². The molecule has 0 aliphatic rings. The Hall–Kier alpha value is -3.96. The number of aromatic nitrogens is 1. The van der Waals surface area contributed by atoms with E-state index in [4.69, 9.17) is 28.8 Å². The van der Waals surface area contributed by atoms with Gasteiger partial charge in [-0.05, 0) is 63.4 Å². The lowest BCUT2D eigenvalue weighted by atomic mass is 10.1. The predicted molar refractivity (Wildman–Crippen MR) is 173 cm³/mol. The number of carbonyl (C=O) groups excluding carboxylic acids is 3. The second-order valence-corrected chi connectivity index (χ2v) is 13.1. The maximum Gasteiger partial charge on any atom is 0.329 e. The average molecular weight is 696 g/mol. The number of amides is 1. The number of aliphatic carboxylic acids is 1. The van der Waals surface area contributed by atoms with E-state index in [-0.39, 0.29) is 93.7 Å². The first-order chi connectivity index (χ1) is 22.7. The number of hydrogen-bond donors (Lipinski definition) is 3. The first kappa shape index (κ1) is 40.2. The number of ketones is 1. The third kappa shape index (κ3) is 17.8. The molecule has 1 heterocycles. The van der Waals surface area contributed by atoms with Gasteiger partial charge in [-0.25, -0.2) is 18.2 Å². The molecule has 0 saturated carbocycles. The number of rotatable bonds is 24. The van der Waals surface area contributed by atoms with Gasteiger partial charge in [0.25, 0.3) is 15.9 Å². The summed E-state index contributed by atoms with van der Waals surface area (Å²) in [6.07, 6.45) is 2.64. The molecule has 0 radical (unpaired) electrons. The Kier molecular flexibility index (Phi) is 17.7. The second-order valence-electron chi connectivity index (χ2n) is 11.4. The Labute approximate surface area is 280 Å². The van der Waals surface area contributed by atoms with Gasteiger partial charge in [-0.1, -0.05) is 12.1 Å². The molecule has 0 unspecified atom stereocenters. The zero-order valence-electron chi connectivity index (χ0n) is 27.5. The molecule has 0 saturated heterocycles. The van der Waals surface area contributed by atoms with Crippen LogP contribution in [0.3, 0.4) is 0 Å². The number of nitrogens with one attached hydrogen (secondary N) is 2. The molecule has 0 atom stereocenters. The lowest BCUT2D eigenvalue weighted by Gasteiger charge is -2.19. The van der Waals surface area contributed by atoms with E-state index >= 15 is 0 Å². The van der Waals surface area contributed by atoms with Gasteiger partial charge in [0.05, 0.1) is 43.5 Å². The fraction of sp³-hybridized carbons (Fsp3) is 0.531. The summed E-state index contributed by atoms with van der Waals surface area (Å²) in [7, 11) is -3.94. The Morgan fingerprint density at radius 2 is 1.46 bits per heavy atom. The molecular formula is C32H45N3O12S. The highest BCUT2D eigenvalue weighted by Gasteiger charge is 2.18. The van der Waals surface area contributed by atoms with E-state index in [0.717, 1.165) is 5.56 Å². The van der Waals surface area contributed by atoms with Gasteiger partial charge in [-0.2, -0.15) is 0 Å². The highest BCUT2D eigenvalue weighted by molar-refractivity contribution is 7.92. The van der Waals surface area contributed by atoms with Gasteiger partial charge in [0, 0.05) is 32.2 Å². The normalized spacial score (nSPS) is 11.6. The molecule has 266 valence electrons. The van der Waals surface area contributed by atoms with Crippen LogP contribution in [0.15, 0.2) is 47.5 Å². The Balaban J connectivity index is 1.58. The summed E-state index contributed by atoms with van der Waals surface area (Å²) < 4.78 is 54.0. The minimum Gasteiger partial charge on any atom is -0.480 e. The largest absolute Gasteiger partial charge is 0.480 e. The van der Waals surface area contributed by atoms with Crippen molar-refractivity contribution in [3.8, 4) is 0 Å². The molecule has 0 bridgehead atoms. The van der Waals surface area contributed by atoms with E-state index < -0.39 is 27.5 Å². The van der Waals surface area contributed by atoms with Crippen molar-refractivity contribution >= 4 is 39.5 Å². The summed E-state index contributed by atoms with van der Waals surface area (Å²) in [5.74, 6) is -1.83. The number of pyridine rings is 1. The SMILES string of the molecule is CC(C)(C)OC(=O)CCc1ccc(S(=O)(=O)Nc2ccc(C(=O)NCCOCCOCC(=O)CCCOCCOCC(=O)O)cn2)cc1. The highest BCUT2D eigenvalue weighted by atomic mass is 32.2. The maximum absolute atomic E-state index is 12.8. The smallest absolute Gasteiger partial charge is 0.329 e. The molecule has 0 spiro atoms. The van der Waals surface area contributed by atoms with Crippen LogP contribution in [0.2, 0.25) is 0 Å². The lowest BCUT2D eigenvalue weighted by molar-refractivity contribution is -0.154. The number of anilines is 1. The van der Waals surface area contributed by atoms with Crippen LogP contribution in [0.4, 0.5) is 5.82 Å². The third-order valence-electron chi connectivity index (χ3n) is 6.04. The molecular weight excluding hydrogens is 650 g/mol. The van der Waals surface area contributed by atoms with Crippen molar-refractivity contribution in [1.82, 2.24) is 10.3 Å². The summed E-state index contributed by atoms with van der Waals surface area (Å²) in [4.78, 5) is 50.5. The molecule has 1 amide bonds. The van der Waals surface area contributed by atoms with E-state index in [1.54, 1.807) is 32.9 Å². The number of sulfonamides is 1. The van der Waals surface area contributed by atoms with Crippen molar-refractivity contribution in [2.75, 3.05) is 64.1 Å². The van der Waals surface area contributed by atoms with Gasteiger partial charge in [0.2, 0.25) is 0 Å². The quantitative estimate of drug-likeness (QED) is 0.107. The number of nitrogens with zero attached hydrogens (tertiary/aromatic N) is 1. The molecule has 1 aromatic carbocycles. The van der Waals surface area contributed by atoms with Crippen LogP contribution in [-0.2, 0) is 54.5 Å². The first-order valence-corrected chi connectivity index (χ1v) is 16.9. The molecule has 16 heteroatoms. The van der Waals surface area contributed by atoms with Crippen molar-refractivity contribution in [2.24, 2.45) is 0 Å². The fourth-order valence-corrected chi connectivity index (χ4v) is 4.84. The number of carboxylic acid groups (broad SMARTS) is 1. The number of carboxylic acids is 1. The minimum atomic E-state index is -3.94. The molecule has 15 nitrogen and oxygen atoms in total. The number of Topliss-reactive ketones (excluding diaryl/α,β-unsaturated/α-hetero) is 1. The highest BCUT2D eigenvalue weighted by Crippen LogP contribution is 2.17. The van der Waals surface area contributed by atoms with Crippen LogP contribution >= 0.6 is 0 Å². The van der Waals surface area contributed by atoms with Gasteiger partial charge >= 0.3 is 11.9 Å². The van der Waals surface area contributed by atoms with Crippen molar-refractivity contribution in [3.63, 3.8) is 0 Å². The van der Waals surface area contributed by atoms with E-state index in [2.05, 4.69) is 15.0 Å². The van der Waals surface area contributed by atoms with Crippen LogP contribution in [0.25, 0.3) is 0 Å². The van der Waals surface area contributed by atoms with Crippen LogP contribution < -0.4 is 10.0 Å². The summed E-state index contributed by atoms with van der Waals surface area (Å²) in [5.41, 5.74) is 0.445. The molecule has 0 aliphatic carbocycles. The molecule has 1 aromatic heterocycles. The maximum atomic E-state index is 12.8. The van der Waals surface area contributed by atoms with E-state index in [9.17, 15) is 27.6 Å². The first-order valence-electron chi connectivity index (χ1n) is 15.4. The molecule has 0 fully saturated rings. The van der Waals surface area contributed by atoms with Gasteiger partial charge in [0.15, 0.2) is 5.78 Å². The Morgan fingerprint density at radius 1 is 0.812 bits per heavy atom. The molecule has 0 aliphatic heterocycles. The second kappa shape index (κ2) is 21.1. The average Bonchev–Trinajstić information content (AvgIpc) is 3.02. The Bertz CT molecular complexity index is 1410. The topological polar surface area (TPSA) is 206 Å². The number of ether oxygens (including phenoxy) is 5. The van der Waals surface area contributed by atoms with Crippen molar-refractivity contribution in [2.45, 2.75) is 57.0 Å².